The second-order valence-corrected chi connectivity index (χ2v) is 3.37. The summed E-state index contributed by atoms with van der Waals surface area (Å²) in [7, 11) is 2.95. The number of ether oxygens (including phenoxy) is 1. The summed E-state index contributed by atoms with van der Waals surface area (Å²) in [4.78, 5) is 22.0. The molecule has 0 aliphatic carbocycles. The van der Waals surface area contributed by atoms with E-state index in [4.69, 9.17) is 9.84 Å². The summed E-state index contributed by atoms with van der Waals surface area (Å²) in [6.07, 6.45) is 0. The number of hydrazine groups is 1. The quantitative estimate of drug-likeness (QED) is 0.662. The van der Waals surface area contributed by atoms with Crippen LogP contribution in [0.3, 0.4) is 0 Å². The van der Waals surface area contributed by atoms with Crippen LogP contribution in [0.1, 0.15) is 0 Å². The Morgan fingerprint density at radius 2 is 2.17 bits per heavy atom. The number of carbonyl (C=O) groups is 2. The van der Waals surface area contributed by atoms with Crippen LogP contribution in [0.4, 0.5) is 10.5 Å². The zero-order valence-electron chi connectivity index (χ0n) is 10.1. The predicted octanol–water partition coefficient (Wildman–Crippen LogP) is 0.430. The number of urea groups is 1. The van der Waals surface area contributed by atoms with Crippen LogP contribution in [-0.2, 0) is 4.79 Å². The third-order valence-corrected chi connectivity index (χ3v) is 2.12. The Labute approximate surface area is 104 Å². The van der Waals surface area contributed by atoms with Crippen molar-refractivity contribution in [1.82, 2.24) is 10.7 Å². The number of hydrogen-bond donors (Lipinski definition) is 3. The van der Waals surface area contributed by atoms with Gasteiger partial charge in [0.25, 0.3) is 0 Å². The third kappa shape index (κ3) is 3.85. The highest BCUT2D eigenvalue weighted by Crippen LogP contribution is 2.19. The molecule has 2 amide bonds. The van der Waals surface area contributed by atoms with E-state index in [-0.39, 0.29) is 6.54 Å². The lowest BCUT2D eigenvalue weighted by molar-refractivity contribution is -0.135. The SMILES string of the molecule is CNC(=O)NN(CC(=O)O)c1cccc(OC)c1. The van der Waals surface area contributed by atoms with Gasteiger partial charge in [-0.3, -0.25) is 9.80 Å². The average Bonchev–Trinajstić information content (AvgIpc) is 2.37. The van der Waals surface area contributed by atoms with Crippen molar-refractivity contribution in [2.24, 2.45) is 0 Å². The monoisotopic (exact) mass is 253 g/mol. The molecule has 0 heterocycles. The van der Waals surface area contributed by atoms with Gasteiger partial charge in [-0.25, -0.2) is 10.2 Å². The molecule has 0 radical (unpaired) electrons. The molecule has 0 aromatic heterocycles. The number of hydrogen-bond acceptors (Lipinski definition) is 4. The fraction of sp³-hybridized carbons (Fsp3) is 0.273. The zero-order chi connectivity index (χ0) is 13.5. The number of carboxylic acid groups (broad SMARTS) is 1. The van der Waals surface area contributed by atoms with E-state index < -0.39 is 12.0 Å². The lowest BCUT2D eigenvalue weighted by atomic mass is 10.3. The first kappa shape index (κ1) is 13.6. The fourth-order valence-corrected chi connectivity index (χ4v) is 1.29. The van der Waals surface area contributed by atoms with Crippen molar-refractivity contribution in [3.8, 4) is 5.75 Å². The van der Waals surface area contributed by atoms with Gasteiger partial charge >= 0.3 is 12.0 Å². The van der Waals surface area contributed by atoms with Crippen molar-refractivity contribution >= 4 is 17.7 Å². The summed E-state index contributed by atoms with van der Waals surface area (Å²) in [6, 6.07) is 6.22. The second-order valence-electron chi connectivity index (χ2n) is 3.37. The molecule has 0 fully saturated rings. The van der Waals surface area contributed by atoms with Gasteiger partial charge in [-0.2, -0.15) is 0 Å². The van der Waals surface area contributed by atoms with Crippen molar-refractivity contribution in [1.29, 1.82) is 0 Å². The lowest BCUT2D eigenvalue weighted by Gasteiger charge is -2.23. The number of anilines is 1. The maximum Gasteiger partial charge on any atom is 0.333 e. The van der Waals surface area contributed by atoms with E-state index in [1.807, 2.05) is 0 Å². The number of carbonyl (C=O) groups excluding carboxylic acids is 1. The number of carboxylic acids is 1. The fourth-order valence-electron chi connectivity index (χ4n) is 1.29. The van der Waals surface area contributed by atoms with Gasteiger partial charge in [0.15, 0.2) is 0 Å². The molecule has 7 heteroatoms. The minimum Gasteiger partial charge on any atom is -0.497 e. The average molecular weight is 253 g/mol. The number of amides is 2. The van der Waals surface area contributed by atoms with E-state index in [9.17, 15) is 9.59 Å². The molecule has 0 atom stereocenters. The van der Waals surface area contributed by atoms with E-state index in [2.05, 4.69) is 10.7 Å². The Balaban J connectivity index is 2.92. The van der Waals surface area contributed by atoms with Crippen LogP contribution in [0, 0.1) is 0 Å². The van der Waals surface area contributed by atoms with E-state index >= 15 is 0 Å². The first-order valence-corrected chi connectivity index (χ1v) is 5.18. The van der Waals surface area contributed by atoms with E-state index in [1.165, 1.54) is 19.2 Å². The van der Waals surface area contributed by atoms with Crippen LogP contribution in [0.15, 0.2) is 24.3 Å². The Morgan fingerprint density at radius 1 is 1.44 bits per heavy atom. The van der Waals surface area contributed by atoms with Crippen LogP contribution in [-0.4, -0.2) is 37.8 Å². The number of rotatable bonds is 5. The molecule has 1 aromatic rings. The Hall–Kier alpha value is -2.44. The number of benzene rings is 1. The second kappa shape index (κ2) is 6.33. The van der Waals surface area contributed by atoms with Gasteiger partial charge in [-0.15, -0.1) is 0 Å². The summed E-state index contributed by atoms with van der Waals surface area (Å²) in [5, 5.41) is 12.4. The number of nitrogens with zero attached hydrogens (tertiary/aromatic N) is 1. The predicted molar refractivity (Wildman–Crippen MR) is 65.6 cm³/mol. The highest BCUT2D eigenvalue weighted by Gasteiger charge is 2.13. The molecule has 0 unspecified atom stereocenters. The minimum absolute atomic E-state index is 0.361. The Kier molecular flexibility index (Phi) is 4.79. The highest BCUT2D eigenvalue weighted by molar-refractivity contribution is 5.79. The zero-order valence-corrected chi connectivity index (χ0v) is 10.1. The Morgan fingerprint density at radius 3 is 2.72 bits per heavy atom. The van der Waals surface area contributed by atoms with Gasteiger partial charge < -0.3 is 15.2 Å². The van der Waals surface area contributed by atoms with Crippen LogP contribution in [0.2, 0.25) is 0 Å². The van der Waals surface area contributed by atoms with Gasteiger partial charge in [-0.05, 0) is 12.1 Å². The number of methoxy groups -OCH3 is 1. The first-order valence-electron chi connectivity index (χ1n) is 5.18. The van der Waals surface area contributed by atoms with Gasteiger partial charge in [0, 0.05) is 13.1 Å². The molecule has 0 saturated heterocycles. The molecule has 3 N–H and O–H groups in total. The summed E-state index contributed by atoms with van der Waals surface area (Å²) in [5.41, 5.74) is 2.93. The van der Waals surface area contributed by atoms with E-state index in [0.717, 1.165) is 0 Å². The van der Waals surface area contributed by atoms with Crippen LogP contribution < -0.4 is 20.5 Å². The van der Waals surface area contributed by atoms with Crippen LogP contribution >= 0.6 is 0 Å². The molecule has 0 saturated carbocycles. The summed E-state index contributed by atoms with van der Waals surface area (Å²) in [6.45, 7) is -0.361. The van der Waals surface area contributed by atoms with Crippen molar-refractivity contribution in [3.63, 3.8) is 0 Å². The van der Waals surface area contributed by atoms with E-state index in [0.29, 0.717) is 11.4 Å². The number of aliphatic carboxylic acids is 1. The number of nitrogens with one attached hydrogen (secondary N) is 2. The molecule has 7 nitrogen and oxygen atoms in total. The third-order valence-electron chi connectivity index (χ3n) is 2.12. The van der Waals surface area contributed by atoms with Crippen molar-refractivity contribution in [2.45, 2.75) is 0 Å². The van der Waals surface area contributed by atoms with Crippen molar-refractivity contribution in [2.75, 3.05) is 25.7 Å². The molecular weight excluding hydrogens is 238 g/mol. The summed E-state index contributed by atoms with van der Waals surface area (Å²) >= 11 is 0. The molecule has 18 heavy (non-hydrogen) atoms. The van der Waals surface area contributed by atoms with Gasteiger partial charge in [0.2, 0.25) is 0 Å². The smallest absolute Gasteiger partial charge is 0.333 e. The van der Waals surface area contributed by atoms with Crippen LogP contribution in [0.5, 0.6) is 5.75 Å². The molecular formula is C11H15N3O4. The molecule has 1 aromatic carbocycles. The normalized spacial score (nSPS) is 9.44. The van der Waals surface area contributed by atoms with Gasteiger partial charge in [-0.1, -0.05) is 6.07 Å². The molecule has 1 rings (SSSR count). The largest absolute Gasteiger partial charge is 0.497 e. The highest BCUT2D eigenvalue weighted by atomic mass is 16.5. The molecule has 98 valence electrons. The van der Waals surface area contributed by atoms with Gasteiger partial charge in [0.05, 0.1) is 12.8 Å². The van der Waals surface area contributed by atoms with Gasteiger partial charge in [0.1, 0.15) is 12.3 Å². The standard InChI is InChI=1S/C11H15N3O4/c1-12-11(17)13-14(7-10(15)16)8-4-3-5-9(6-8)18-2/h3-6H,7H2,1-2H3,(H,15,16)(H2,12,13,17). The maximum absolute atomic E-state index is 11.2. The van der Waals surface area contributed by atoms with Crippen LogP contribution in [0.25, 0.3) is 0 Å². The topological polar surface area (TPSA) is 90.9 Å². The minimum atomic E-state index is -1.06. The van der Waals surface area contributed by atoms with Crippen molar-refractivity contribution in [3.05, 3.63) is 24.3 Å². The Bertz CT molecular complexity index is 436. The van der Waals surface area contributed by atoms with Crippen molar-refractivity contribution < 1.29 is 19.4 Å². The molecule has 0 spiro atoms. The maximum atomic E-state index is 11.2. The molecule has 0 bridgehead atoms. The summed E-state index contributed by atoms with van der Waals surface area (Å²) < 4.78 is 5.04. The first-order chi connectivity index (χ1) is 8.56. The van der Waals surface area contributed by atoms with E-state index in [1.54, 1.807) is 24.3 Å². The summed E-state index contributed by atoms with van der Waals surface area (Å²) in [5.74, 6) is -0.490. The molecule has 0 aliphatic rings. The lowest BCUT2D eigenvalue weighted by Crippen LogP contribution is -2.48. The molecule has 0 aliphatic heterocycles.